The van der Waals surface area contributed by atoms with Gasteiger partial charge in [0.25, 0.3) is 0 Å². The van der Waals surface area contributed by atoms with Gasteiger partial charge in [0, 0.05) is 18.5 Å². The molecule has 0 unspecified atom stereocenters. The predicted molar refractivity (Wildman–Crippen MR) is 133 cm³/mol. The highest BCUT2D eigenvalue weighted by molar-refractivity contribution is 5.37. The van der Waals surface area contributed by atoms with Gasteiger partial charge < -0.3 is 5.32 Å². The molecule has 1 N–H and O–H groups in total. The van der Waals surface area contributed by atoms with Gasteiger partial charge in [-0.3, -0.25) is 0 Å². The van der Waals surface area contributed by atoms with Crippen molar-refractivity contribution < 1.29 is 0 Å². The van der Waals surface area contributed by atoms with E-state index in [-0.39, 0.29) is 5.41 Å². The second-order valence-corrected chi connectivity index (χ2v) is 7.99. The van der Waals surface area contributed by atoms with E-state index in [1.807, 2.05) is 12.1 Å². The van der Waals surface area contributed by atoms with Crippen LogP contribution in [-0.4, -0.2) is 0 Å². The van der Waals surface area contributed by atoms with E-state index in [0.717, 1.165) is 19.5 Å². The van der Waals surface area contributed by atoms with Crippen LogP contribution < -0.4 is 5.32 Å². The molecule has 0 saturated carbocycles. The van der Waals surface area contributed by atoms with Crippen molar-refractivity contribution in [3.8, 4) is 0 Å². The Morgan fingerprint density at radius 1 is 0.516 bits per heavy atom. The van der Waals surface area contributed by atoms with E-state index in [1.165, 1.54) is 22.3 Å². The largest absolute Gasteiger partial charge is 0.309 e. The molecule has 0 saturated heterocycles. The summed E-state index contributed by atoms with van der Waals surface area (Å²) in [5.74, 6) is 0. The van der Waals surface area contributed by atoms with E-state index in [1.54, 1.807) is 0 Å². The van der Waals surface area contributed by atoms with Gasteiger partial charge in [-0.05, 0) is 28.7 Å². The lowest BCUT2D eigenvalue weighted by molar-refractivity contribution is 0.550. The number of benzene rings is 4. The maximum absolute atomic E-state index is 3.42. The molecule has 4 aromatic carbocycles. The third-order valence-corrected chi connectivity index (χ3v) is 5.87. The maximum Gasteiger partial charge on any atom is 0.0208 e. The van der Waals surface area contributed by atoms with Crippen molar-refractivity contribution in [2.75, 3.05) is 0 Å². The van der Waals surface area contributed by atoms with Crippen LogP contribution in [-0.2, 0) is 18.5 Å². The lowest BCUT2D eigenvalue weighted by Gasteiger charge is -2.29. The first kappa shape index (κ1) is 22.5. The summed E-state index contributed by atoms with van der Waals surface area (Å²) >= 11 is 0. The number of nitrogens with one attached hydrogen (secondary N) is 1. The second-order valence-electron chi connectivity index (χ2n) is 7.99. The average Bonchev–Trinajstić information content (AvgIpc) is 2.86. The molecule has 0 aliphatic rings. The minimum absolute atomic E-state index is 0.127. The molecule has 0 atom stereocenters. The third kappa shape index (κ3) is 6.67. The van der Waals surface area contributed by atoms with E-state index in [9.17, 15) is 0 Å². The average molecular weight is 408 g/mol. The summed E-state index contributed by atoms with van der Waals surface area (Å²) < 4.78 is 0. The Labute approximate surface area is 187 Å². The normalized spacial score (nSPS) is 10.8. The van der Waals surface area contributed by atoms with E-state index in [0.29, 0.717) is 0 Å². The zero-order valence-electron chi connectivity index (χ0n) is 18.7. The molecular formula is C30H33N. The van der Waals surface area contributed by atoms with Crippen LogP contribution in [0.5, 0.6) is 0 Å². The molecule has 0 amide bonds. The molecule has 0 aliphatic carbocycles. The summed E-state index contributed by atoms with van der Waals surface area (Å²) in [6, 6.07) is 42.4. The lowest BCUT2D eigenvalue weighted by atomic mass is 9.74. The highest BCUT2D eigenvalue weighted by Gasteiger charge is 2.25. The Balaban J connectivity index is 0.000000176. The quantitative estimate of drug-likeness (QED) is 0.337. The van der Waals surface area contributed by atoms with Crippen LogP contribution in [0.1, 0.15) is 42.5 Å². The first-order chi connectivity index (χ1) is 15.2. The molecule has 158 valence electrons. The second kappa shape index (κ2) is 11.9. The van der Waals surface area contributed by atoms with Gasteiger partial charge in [0.1, 0.15) is 0 Å². The van der Waals surface area contributed by atoms with Gasteiger partial charge >= 0.3 is 0 Å². The summed E-state index contributed by atoms with van der Waals surface area (Å²) in [6.45, 7) is 6.42. The molecule has 0 fully saturated rings. The summed E-state index contributed by atoms with van der Waals surface area (Å²) in [7, 11) is 0. The highest BCUT2D eigenvalue weighted by atomic mass is 14.8. The fourth-order valence-corrected chi connectivity index (χ4v) is 3.73. The van der Waals surface area contributed by atoms with Crippen LogP contribution in [0.2, 0.25) is 0 Å². The van der Waals surface area contributed by atoms with Crippen LogP contribution in [0.3, 0.4) is 0 Å². The van der Waals surface area contributed by atoms with Gasteiger partial charge in [-0.1, -0.05) is 135 Å². The first-order valence-electron chi connectivity index (χ1n) is 11.1. The molecule has 0 heterocycles. The van der Waals surface area contributed by atoms with Gasteiger partial charge in [-0.2, -0.15) is 0 Å². The van der Waals surface area contributed by atoms with Crippen molar-refractivity contribution in [2.45, 2.75) is 38.8 Å². The fourth-order valence-electron chi connectivity index (χ4n) is 3.73. The SMILES string of the molecule is CCC(C)(c1ccccc1)c1ccccc1.c1ccc(CNCc2ccccc2)cc1. The number of rotatable bonds is 7. The zero-order valence-corrected chi connectivity index (χ0v) is 18.7. The zero-order chi connectivity index (χ0) is 21.8. The van der Waals surface area contributed by atoms with Crippen LogP contribution in [0, 0.1) is 0 Å². The lowest BCUT2D eigenvalue weighted by Crippen LogP contribution is -2.22. The first-order valence-corrected chi connectivity index (χ1v) is 11.1. The molecule has 31 heavy (non-hydrogen) atoms. The number of hydrogen-bond donors (Lipinski definition) is 1. The Morgan fingerprint density at radius 3 is 1.16 bits per heavy atom. The Kier molecular flexibility index (Phi) is 8.63. The smallest absolute Gasteiger partial charge is 0.0208 e. The molecule has 0 aromatic heterocycles. The summed E-state index contributed by atoms with van der Waals surface area (Å²) in [4.78, 5) is 0. The molecule has 0 spiro atoms. The van der Waals surface area contributed by atoms with E-state index < -0.39 is 0 Å². The Bertz CT molecular complexity index is 901. The summed E-state index contributed by atoms with van der Waals surface area (Å²) in [6.07, 6.45) is 1.11. The summed E-state index contributed by atoms with van der Waals surface area (Å²) in [5, 5.41) is 3.42. The molecule has 4 aromatic rings. The van der Waals surface area contributed by atoms with Crippen molar-refractivity contribution in [1.82, 2.24) is 5.32 Å². The van der Waals surface area contributed by atoms with Crippen molar-refractivity contribution >= 4 is 0 Å². The van der Waals surface area contributed by atoms with Crippen LogP contribution >= 0.6 is 0 Å². The minimum atomic E-state index is 0.127. The monoisotopic (exact) mass is 407 g/mol. The van der Waals surface area contributed by atoms with Gasteiger partial charge in [-0.15, -0.1) is 0 Å². The standard InChI is InChI=1S/C16H18.C14H15N/c1-3-16(2,14-10-6-4-7-11-14)15-12-8-5-9-13-15;1-3-7-13(8-4-1)11-15-12-14-9-5-2-6-10-14/h4-13H,3H2,1-2H3;1-10,15H,11-12H2. The van der Waals surface area contributed by atoms with E-state index in [2.05, 4.69) is 128 Å². The molecule has 4 rings (SSSR count). The van der Waals surface area contributed by atoms with Crippen LogP contribution in [0.25, 0.3) is 0 Å². The molecule has 0 bridgehead atoms. The van der Waals surface area contributed by atoms with Crippen molar-refractivity contribution in [3.05, 3.63) is 144 Å². The van der Waals surface area contributed by atoms with Crippen molar-refractivity contribution in [1.29, 1.82) is 0 Å². The van der Waals surface area contributed by atoms with Crippen LogP contribution in [0.15, 0.2) is 121 Å². The van der Waals surface area contributed by atoms with Crippen LogP contribution in [0.4, 0.5) is 0 Å². The predicted octanol–water partition coefficient (Wildman–Crippen LogP) is 7.38. The summed E-state index contributed by atoms with van der Waals surface area (Å²) in [5.41, 5.74) is 5.57. The van der Waals surface area contributed by atoms with Gasteiger partial charge in [0.05, 0.1) is 0 Å². The van der Waals surface area contributed by atoms with Crippen molar-refractivity contribution in [2.24, 2.45) is 0 Å². The minimum Gasteiger partial charge on any atom is -0.309 e. The molecule has 0 aliphatic heterocycles. The van der Waals surface area contributed by atoms with Gasteiger partial charge in [0.2, 0.25) is 0 Å². The van der Waals surface area contributed by atoms with Gasteiger partial charge in [0.15, 0.2) is 0 Å². The molecular weight excluding hydrogens is 374 g/mol. The Hall–Kier alpha value is -3.16. The topological polar surface area (TPSA) is 12.0 Å². The van der Waals surface area contributed by atoms with E-state index in [4.69, 9.17) is 0 Å². The van der Waals surface area contributed by atoms with E-state index >= 15 is 0 Å². The highest BCUT2D eigenvalue weighted by Crippen LogP contribution is 2.34. The molecule has 1 nitrogen and oxygen atoms in total. The fraction of sp³-hybridized carbons (Fsp3) is 0.200. The van der Waals surface area contributed by atoms with Gasteiger partial charge in [-0.25, -0.2) is 0 Å². The molecule has 0 radical (unpaired) electrons. The number of hydrogen-bond acceptors (Lipinski definition) is 1. The molecule has 1 heteroatoms. The third-order valence-electron chi connectivity index (χ3n) is 5.87. The van der Waals surface area contributed by atoms with Crippen molar-refractivity contribution in [3.63, 3.8) is 0 Å². The Morgan fingerprint density at radius 2 is 0.839 bits per heavy atom. The maximum atomic E-state index is 3.42.